The summed E-state index contributed by atoms with van der Waals surface area (Å²) in [6.45, 7) is 1.96. The summed E-state index contributed by atoms with van der Waals surface area (Å²) >= 11 is 4.94. The van der Waals surface area contributed by atoms with Crippen LogP contribution in [0.5, 0.6) is 0 Å². The summed E-state index contributed by atoms with van der Waals surface area (Å²) in [5, 5.41) is 4.94. The monoisotopic (exact) mass is 349 g/mol. The third-order valence-corrected chi connectivity index (χ3v) is 4.61. The van der Waals surface area contributed by atoms with Crippen molar-refractivity contribution in [3.8, 4) is 0 Å². The van der Waals surface area contributed by atoms with Crippen LogP contribution in [-0.4, -0.2) is 0 Å². The van der Waals surface area contributed by atoms with E-state index in [0.717, 1.165) is 15.4 Å². The van der Waals surface area contributed by atoms with Gasteiger partial charge in [0.15, 0.2) is 0 Å². The highest BCUT2D eigenvalue weighted by atomic mass is 79.9. The second kappa shape index (κ2) is 5.54. The van der Waals surface area contributed by atoms with E-state index in [1.54, 1.807) is 17.4 Å². The van der Waals surface area contributed by atoms with Crippen molar-refractivity contribution in [3.05, 3.63) is 50.1 Å². The molecule has 1 nitrogen and oxygen atoms in total. The number of nitrogens with one attached hydrogen (secondary N) is 1. The molecule has 0 fully saturated rings. The van der Waals surface area contributed by atoms with Crippen LogP contribution in [0.15, 0.2) is 34.1 Å². The number of thiophene rings is 1. The molecule has 0 aliphatic carbocycles. The maximum Gasteiger partial charge on any atom is 0.416 e. The summed E-state index contributed by atoms with van der Waals surface area (Å²) < 4.78 is 39.3. The highest BCUT2D eigenvalue weighted by Gasteiger charge is 2.32. The number of alkyl halides is 3. The molecule has 1 aromatic carbocycles. The van der Waals surface area contributed by atoms with Crippen molar-refractivity contribution in [1.29, 1.82) is 0 Å². The van der Waals surface area contributed by atoms with E-state index >= 15 is 0 Å². The van der Waals surface area contributed by atoms with E-state index in [1.165, 1.54) is 13.0 Å². The van der Waals surface area contributed by atoms with Gasteiger partial charge in [0.2, 0.25) is 0 Å². The van der Waals surface area contributed by atoms with Gasteiger partial charge in [-0.05, 0) is 52.0 Å². The molecule has 0 saturated heterocycles. The van der Waals surface area contributed by atoms with Crippen LogP contribution < -0.4 is 5.32 Å². The molecule has 1 aromatic heterocycles. The van der Waals surface area contributed by atoms with E-state index in [4.69, 9.17) is 0 Å². The van der Waals surface area contributed by atoms with E-state index in [0.29, 0.717) is 12.2 Å². The number of anilines is 1. The molecule has 2 rings (SSSR count). The molecule has 19 heavy (non-hydrogen) atoms. The Bertz CT molecular complexity index is 578. The fourth-order valence-corrected chi connectivity index (χ4v) is 3.10. The lowest BCUT2D eigenvalue weighted by Gasteiger charge is -2.13. The number of benzene rings is 1. The predicted octanol–water partition coefficient (Wildman–Crippen LogP) is 5.45. The van der Waals surface area contributed by atoms with Crippen LogP contribution in [0.4, 0.5) is 18.9 Å². The van der Waals surface area contributed by atoms with Crippen molar-refractivity contribution in [1.82, 2.24) is 0 Å². The van der Waals surface area contributed by atoms with Crippen LogP contribution in [0, 0.1) is 6.92 Å². The van der Waals surface area contributed by atoms with Crippen molar-refractivity contribution >= 4 is 33.0 Å². The van der Waals surface area contributed by atoms with Crippen LogP contribution in [0.3, 0.4) is 0 Å². The van der Waals surface area contributed by atoms with Crippen LogP contribution in [-0.2, 0) is 12.7 Å². The van der Waals surface area contributed by atoms with Gasteiger partial charge < -0.3 is 5.32 Å². The molecule has 2 aromatic rings. The van der Waals surface area contributed by atoms with Crippen LogP contribution >= 0.6 is 27.3 Å². The second-order valence-electron chi connectivity index (χ2n) is 4.07. The lowest BCUT2D eigenvalue weighted by Crippen LogP contribution is -2.08. The highest BCUT2D eigenvalue weighted by Crippen LogP contribution is 2.33. The van der Waals surface area contributed by atoms with Crippen LogP contribution in [0.25, 0.3) is 0 Å². The van der Waals surface area contributed by atoms with Gasteiger partial charge in [0.1, 0.15) is 0 Å². The predicted molar refractivity (Wildman–Crippen MR) is 75.5 cm³/mol. The molecule has 0 radical (unpaired) electrons. The van der Waals surface area contributed by atoms with Crippen molar-refractivity contribution in [2.24, 2.45) is 0 Å². The quantitative estimate of drug-likeness (QED) is 0.776. The average molecular weight is 350 g/mol. The molecule has 0 saturated carbocycles. The number of aryl methyl sites for hydroxylation is 1. The first-order chi connectivity index (χ1) is 8.88. The van der Waals surface area contributed by atoms with E-state index < -0.39 is 11.7 Å². The maximum atomic E-state index is 12.8. The Balaban J connectivity index is 2.16. The zero-order valence-corrected chi connectivity index (χ0v) is 12.4. The molecule has 0 bridgehead atoms. The van der Waals surface area contributed by atoms with E-state index in [9.17, 15) is 13.2 Å². The van der Waals surface area contributed by atoms with E-state index in [1.807, 2.05) is 11.4 Å². The Hall–Kier alpha value is -1.01. The lowest BCUT2D eigenvalue weighted by molar-refractivity contribution is -0.138. The molecule has 1 heterocycles. The Morgan fingerprint density at radius 2 is 2.00 bits per heavy atom. The minimum absolute atomic E-state index is 0.232. The van der Waals surface area contributed by atoms with Crippen molar-refractivity contribution in [2.45, 2.75) is 19.6 Å². The molecule has 0 atom stereocenters. The molecule has 1 N–H and O–H groups in total. The molecular weight excluding hydrogens is 339 g/mol. The van der Waals surface area contributed by atoms with Crippen LogP contribution in [0.1, 0.15) is 16.0 Å². The first-order valence-corrected chi connectivity index (χ1v) is 7.19. The molecule has 0 spiro atoms. The summed E-state index contributed by atoms with van der Waals surface area (Å²) in [6.07, 6.45) is -4.31. The minimum atomic E-state index is -4.31. The van der Waals surface area contributed by atoms with Crippen molar-refractivity contribution < 1.29 is 13.2 Å². The second-order valence-corrected chi connectivity index (χ2v) is 5.93. The number of halogens is 4. The van der Waals surface area contributed by atoms with Gasteiger partial charge in [0.05, 0.1) is 12.1 Å². The average Bonchev–Trinajstić information content (AvgIpc) is 2.72. The maximum absolute atomic E-state index is 12.8. The Morgan fingerprint density at radius 1 is 1.26 bits per heavy atom. The summed E-state index contributed by atoms with van der Waals surface area (Å²) in [5.41, 5.74) is 0.108. The summed E-state index contributed by atoms with van der Waals surface area (Å²) in [7, 11) is 0. The summed E-state index contributed by atoms with van der Waals surface area (Å²) in [6, 6.07) is 6.20. The largest absolute Gasteiger partial charge is 0.416 e. The highest BCUT2D eigenvalue weighted by molar-refractivity contribution is 9.10. The van der Waals surface area contributed by atoms with Gasteiger partial charge in [-0.25, -0.2) is 0 Å². The molecule has 0 amide bonds. The van der Waals surface area contributed by atoms with E-state index in [-0.39, 0.29) is 5.56 Å². The zero-order valence-electron chi connectivity index (χ0n) is 10.0. The Morgan fingerprint density at radius 3 is 2.58 bits per heavy atom. The summed E-state index contributed by atoms with van der Waals surface area (Å²) in [5.74, 6) is 0. The SMILES string of the molecule is Cc1ccc(NCc2sccc2Br)cc1C(F)(F)F. The molecule has 0 unspecified atom stereocenters. The molecule has 6 heteroatoms. The fourth-order valence-electron chi connectivity index (χ4n) is 1.67. The van der Waals surface area contributed by atoms with Crippen molar-refractivity contribution in [2.75, 3.05) is 5.32 Å². The number of hydrogen-bond acceptors (Lipinski definition) is 2. The lowest BCUT2D eigenvalue weighted by atomic mass is 10.1. The third kappa shape index (κ3) is 3.51. The van der Waals surface area contributed by atoms with E-state index in [2.05, 4.69) is 21.2 Å². The molecule has 0 aliphatic heterocycles. The van der Waals surface area contributed by atoms with Crippen molar-refractivity contribution in [3.63, 3.8) is 0 Å². The fraction of sp³-hybridized carbons (Fsp3) is 0.231. The van der Waals surface area contributed by atoms with Gasteiger partial charge >= 0.3 is 6.18 Å². The third-order valence-electron chi connectivity index (χ3n) is 2.69. The first-order valence-electron chi connectivity index (χ1n) is 5.51. The van der Waals surface area contributed by atoms with Gasteiger partial charge in [0, 0.05) is 15.0 Å². The minimum Gasteiger partial charge on any atom is -0.380 e. The smallest absolute Gasteiger partial charge is 0.380 e. The Kier molecular flexibility index (Phi) is 4.20. The number of hydrogen-bond donors (Lipinski definition) is 1. The normalized spacial score (nSPS) is 11.6. The van der Waals surface area contributed by atoms with Gasteiger partial charge in [-0.3, -0.25) is 0 Å². The summed E-state index contributed by atoms with van der Waals surface area (Å²) in [4.78, 5) is 1.05. The molecular formula is C13H11BrF3NS. The zero-order chi connectivity index (χ0) is 14.0. The van der Waals surface area contributed by atoms with Gasteiger partial charge in [0.25, 0.3) is 0 Å². The topological polar surface area (TPSA) is 12.0 Å². The molecule has 102 valence electrons. The standard InChI is InChI=1S/C13H11BrF3NS/c1-8-2-3-9(6-10(8)13(15,16)17)18-7-12-11(14)4-5-19-12/h2-6,18H,7H2,1H3. The molecule has 0 aliphatic rings. The van der Waals surface area contributed by atoms with Gasteiger partial charge in [-0.2, -0.15) is 13.2 Å². The first kappa shape index (κ1) is 14.4. The van der Waals surface area contributed by atoms with Gasteiger partial charge in [-0.1, -0.05) is 6.07 Å². The van der Waals surface area contributed by atoms with Crippen LogP contribution in [0.2, 0.25) is 0 Å². The Labute approximate surface area is 121 Å². The number of rotatable bonds is 3. The van der Waals surface area contributed by atoms with Gasteiger partial charge in [-0.15, -0.1) is 11.3 Å².